The SMILES string of the molecule is NC(=O)C1CCN(c2nc(-c3ccccc3)ns2)C(c2cc[nH]c2)C1. The van der Waals surface area contributed by atoms with Gasteiger partial charge in [0.25, 0.3) is 0 Å². The Bertz CT molecular complexity index is 846. The number of primary amides is 1. The van der Waals surface area contributed by atoms with E-state index >= 15 is 0 Å². The van der Waals surface area contributed by atoms with E-state index < -0.39 is 0 Å². The molecule has 3 aromatic rings. The second kappa shape index (κ2) is 6.68. The predicted octanol–water partition coefficient (Wildman–Crippen LogP) is 2.98. The van der Waals surface area contributed by atoms with Gasteiger partial charge in [-0.1, -0.05) is 30.3 Å². The van der Waals surface area contributed by atoms with E-state index in [2.05, 4.69) is 14.3 Å². The minimum Gasteiger partial charge on any atom is -0.369 e. The molecule has 25 heavy (non-hydrogen) atoms. The van der Waals surface area contributed by atoms with Gasteiger partial charge >= 0.3 is 0 Å². The van der Waals surface area contributed by atoms with E-state index in [1.807, 2.05) is 48.8 Å². The van der Waals surface area contributed by atoms with E-state index in [0.717, 1.165) is 35.0 Å². The van der Waals surface area contributed by atoms with Crippen LogP contribution < -0.4 is 10.6 Å². The molecular formula is C18H19N5OS. The maximum absolute atomic E-state index is 11.7. The highest BCUT2D eigenvalue weighted by molar-refractivity contribution is 7.09. The number of aromatic nitrogens is 3. The quantitative estimate of drug-likeness (QED) is 0.755. The van der Waals surface area contributed by atoms with Crippen molar-refractivity contribution in [3.05, 3.63) is 54.4 Å². The Morgan fingerprint density at radius 2 is 2.12 bits per heavy atom. The van der Waals surface area contributed by atoms with Crippen LogP contribution >= 0.6 is 11.5 Å². The Morgan fingerprint density at radius 1 is 1.28 bits per heavy atom. The van der Waals surface area contributed by atoms with E-state index in [-0.39, 0.29) is 17.9 Å². The van der Waals surface area contributed by atoms with Gasteiger partial charge in [-0.2, -0.15) is 9.36 Å². The Hall–Kier alpha value is -2.67. The number of aromatic amines is 1. The van der Waals surface area contributed by atoms with Crippen molar-refractivity contribution >= 4 is 22.6 Å². The van der Waals surface area contributed by atoms with Gasteiger partial charge in [-0.05, 0) is 24.5 Å². The Morgan fingerprint density at radius 3 is 2.84 bits per heavy atom. The summed E-state index contributed by atoms with van der Waals surface area (Å²) in [5, 5.41) is 0.882. The summed E-state index contributed by atoms with van der Waals surface area (Å²) in [5.41, 5.74) is 7.71. The summed E-state index contributed by atoms with van der Waals surface area (Å²) in [7, 11) is 0. The molecule has 4 rings (SSSR count). The van der Waals surface area contributed by atoms with Gasteiger partial charge in [0.2, 0.25) is 11.0 Å². The fraction of sp³-hybridized carbons (Fsp3) is 0.278. The van der Waals surface area contributed by atoms with Crippen molar-refractivity contribution in [1.29, 1.82) is 0 Å². The molecule has 128 valence electrons. The summed E-state index contributed by atoms with van der Waals surface area (Å²) < 4.78 is 4.52. The monoisotopic (exact) mass is 353 g/mol. The van der Waals surface area contributed by atoms with Crippen LogP contribution in [0.15, 0.2) is 48.8 Å². The molecule has 1 amide bonds. The van der Waals surface area contributed by atoms with Gasteiger partial charge in [0.05, 0.1) is 6.04 Å². The van der Waals surface area contributed by atoms with Crippen LogP contribution in [0.3, 0.4) is 0 Å². The smallest absolute Gasteiger partial charge is 0.220 e. The summed E-state index contributed by atoms with van der Waals surface area (Å²) >= 11 is 1.40. The van der Waals surface area contributed by atoms with Crippen molar-refractivity contribution in [2.24, 2.45) is 11.7 Å². The number of carbonyl (C=O) groups excluding carboxylic acids is 1. The van der Waals surface area contributed by atoms with Gasteiger partial charge in [0.1, 0.15) is 0 Å². The Kier molecular flexibility index (Phi) is 4.23. The average molecular weight is 353 g/mol. The lowest BCUT2D eigenvalue weighted by molar-refractivity contribution is -0.122. The molecule has 0 bridgehead atoms. The molecule has 1 fully saturated rings. The van der Waals surface area contributed by atoms with Crippen molar-refractivity contribution in [2.45, 2.75) is 18.9 Å². The Labute approximate surface area is 149 Å². The lowest BCUT2D eigenvalue weighted by Crippen LogP contribution is -2.40. The van der Waals surface area contributed by atoms with E-state index in [1.54, 1.807) is 0 Å². The lowest BCUT2D eigenvalue weighted by Gasteiger charge is -2.38. The Balaban J connectivity index is 1.64. The molecule has 2 aromatic heterocycles. The fourth-order valence-corrected chi connectivity index (χ4v) is 4.11. The first-order chi connectivity index (χ1) is 12.2. The number of rotatable bonds is 4. The van der Waals surface area contributed by atoms with Gasteiger partial charge in [-0.15, -0.1) is 0 Å². The van der Waals surface area contributed by atoms with E-state index in [9.17, 15) is 4.79 Å². The zero-order valence-electron chi connectivity index (χ0n) is 13.6. The number of anilines is 1. The highest BCUT2D eigenvalue weighted by Gasteiger charge is 2.34. The van der Waals surface area contributed by atoms with Crippen LogP contribution in [-0.2, 0) is 4.79 Å². The third kappa shape index (κ3) is 3.15. The summed E-state index contributed by atoms with van der Waals surface area (Å²) in [6, 6.07) is 12.1. The number of benzene rings is 1. The molecule has 6 nitrogen and oxygen atoms in total. The third-order valence-electron chi connectivity index (χ3n) is 4.70. The highest BCUT2D eigenvalue weighted by atomic mass is 32.1. The zero-order valence-corrected chi connectivity index (χ0v) is 14.4. The average Bonchev–Trinajstić information content (AvgIpc) is 3.34. The molecule has 1 aromatic carbocycles. The molecule has 3 N–H and O–H groups in total. The first-order valence-corrected chi connectivity index (χ1v) is 9.07. The molecule has 0 saturated carbocycles. The second-order valence-electron chi connectivity index (χ2n) is 6.24. The van der Waals surface area contributed by atoms with Crippen molar-refractivity contribution < 1.29 is 4.79 Å². The van der Waals surface area contributed by atoms with Crippen LogP contribution in [0, 0.1) is 5.92 Å². The molecular weight excluding hydrogens is 334 g/mol. The van der Waals surface area contributed by atoms with Crippen LogP contribution in [0.4, 0.5) is 5.13 Å². The van der Waals surface area contributed by atoms with Crippen LogP contribution in [0.5, 0.6) is 0 Å². The molecule has 7 heteroatoms. The molecule has 1 aliphatic heterocycles. The van der Waals surface area contributed by atoms with Crippen molar-refractivity contribution in [3.8, 4) is 11.4 Å². The van der Waals surface area contributed by atoms with Gasteiger partial charge in [0, 0.05) is 42.0 Å². The van der Waals surface area contributed by atoms with E-state index in [1.165, 1.54) is 11.5 Å². The third-order valence-corrected chi connectivity index (χ3v) is 5.46. The fourth-order valence-electron chi connectivity index (χ4n) is 3.35. The van der Waals surface area contributed by atoms with Crippen LogP contribution in [0.25, 0.3) is 11.4 Å². The van der Waals surface area contributed by atoms with Gasteiger partial charge in [0.15, 0.2) is 5.82 Å². The first-order valence-electron chi connectivity index (χ1n) is 8.30. The maximum Gasteiger partial charge on any atom is 0.220 e. The summed E-state index contributed by atoms with van der Waals surface area (Å²) in [6.07, 6.45) is 5.32. The van der Waals surface area contributed by atoms with Crippen LogP contribution in [-0.4, -0.2) is 26.8 Å². The number of hydrogen-bond donors (Lipinski definition) is 2. The number of nitrogens with two attached hydrogens (primary N) is 1. The van der Waals surface area contributed by atoms with Crippen molar-refractivity contribution in [1.82, 2.24) is 14.3 Å². The number of nitrogens with zero attached hydrogens (tertiary/aromatic N) is 3. The normalized spacial score (nSPS) is 20.6. The van der Waals surface area contributed by atoms with E-state index in [0.29, 0.717) is 6.42 Å². The molecule has 0 spiro atoms. The second-order valence-corrected chi connectivity index (χ2v) is 6.97. The molecule has 0 aliphatic carbocycles. The number of hydrogen-bond acceptors (Lipinski definition) is 5. The zero-order chi connectivity index (χ0) is 17.2. The molecule has 2 atom stereocenters. The summed E-state index contributed by atoms with van der Waals surface area (Å²) in [5.74, 6) is 0.422. The largest absolute Gasteiger partial charge is 0.369 e. The van der Waals surface area contributed by atoms with Gasteiger partial charge in [-0.3, -0.25) is 4.79 Å². The lowest BCUT2D eigenvalue weighted by atomic mass is 9.88. The number of piperidine rings is 1. The number of nitrogens with one attached hydrogen (secondary N) is 1. The van der Waals surface area contributed by atoms with Gasteiger partial charge in [-0.25, -0.2) is 0 Å². The molecule has 1 aliphatic rings. The number of carbonyl (C=O) groups is 1. The molecule has 1 saturated heterocycles. The number of H-pyrrole nitrogens is 1. The van der Waals surface area contributed by atoms with E-state index in [4.69, 9.17) is 10.7 Å². The van der Waals surface area contributed by atoms with Crippen molar-refractivity contribution in [2.75, 3.05) is 11.4 Å². The van der Waals surface area contributed by atoms with Crippen molar-refractivity contribution in [3.63, 3.8) is 0 Å². The minimum absolute atomic E-state index is 0.0778. The summed E-state index contributed by atoms with van der Waals surface area (Å²) in [4.78, 5) is 21.8. The minimum atomic E-state index is -0.220. The molecule has 0 radical (unpaired) electrons. The molecule has 3 heterocycles. The van der Waals surface area contributed by atoms with Crippen LogP contribution in [0.2, 0.25) is 0 Å². The molecule has 2 unspecified atom stereocenters. The van der Waals surface area contributed by atoms with Crippen LogP contribution in [0.1, 0.15) is 24.4 Å². The van der Waals surface area contributed by atoms with Gasteiger partial charge < -0.3 is 15.6 Å². The highest BCUT2D eigenvalue weighted by Crippen LogP contribution is 2.38. The standard InChI is InChI=1S/C18H19N5OS/c19-16(24)13-7-9-23(15(10-13)14-6-8-20-11-14)18-21-17(22-25-18)12-4-2-1-3-5-12/h1-6,8,11,13,15,20H,7,9-10H2,(H2,19,24). The number of amides is 1. The first kappa shape index (κ1) is 15.8. The topological polar surface area (TPSA) is 87.9 Å². The summed E-state index contributed by atoms with van der Waals surface area (Å²) in [6.45, 7) is 0.743. The predicted molar refractivity (Wildman–Crippen MR) is 98.1 cm³/mol. The maximum atomic E-state index is 11.7.